The molecule has 2 nitrogen and oxygen atoms in total. The number of rotatable bonds is 4. The number of carboxylic acid groups (broad SMARTS) is 1. The van der Waals surface area contributed by atoms with Crippen LogP contribution in [0.15, 0.2) is 54.6 Å². The first-order valence-electron chi connectivity index (χ1n) is 6.19. The second-order valence-electron chi connectivity index (χ2n) is 4.51. The van der Waals surface area contributed by atoms with E-state index in [0.29, 0.717) is 0 Å². The van der Waals surface area contributed by atoms with E-state index in [-0.39, 0.29) is 6.42 Å². The van der Waals surface area contributed by atoms with Crippen LogP contribution in [0.5, 0.6) is 0 Å². The number of carbonyl (C=O) groups is 1. The molecule has 0 atom stereocenters. The predicted molar refractivity (Wildman–Crippen MR) is 77.8 cm³/mol. The fourth-order valence-corrected chi connectivity index (χ4v) is 1.94. The van der Waals surface area contributed by atoms with Crippen LogP contribution >= 0.6 is 0 Å². The Balaban J connectivity index is 2.18. The third kappa shape index (κ3) is 3.81. The lowest BCUT2D eigenvalue weighted by Crippen LogP contribution is -1.99. The molecule has 0 fully saturated rings. The average Bonchev–Trinajstić information content (AvgIpc) is 2.40. The summed E-state index contributed by atoms with van der Waals surface area (Å²) in [5.41, 5.74) is 4.25. The zero-order chi connectivity index (χ0) is 13.7. The van der Waals surface area contributed by atoms with Gasteiger partial charge in [0.1, 0.15) is 0 Å². The normalized spacial score (nSPS) is 11.3. The first-order valence-corrected chi connectivity index (χ1v) is 6.19. The van der Waals surface area contributed by atoms with Crippen LogP contribution in [0, 0.1) is 0 Å². The molecule has 0 spiro atoms. The van der Waals surface area contributed by atoms with Crippen LogP contribution in [0.4, 0.5) is 0 Å². The second-order valence-corrected chi connectivity index (χ2v) is 4.51. The van der Waals surface area contributed by atoms with Gasteiger partial charge in [0.2, 0.25) is 0 Å². The average molecular weight is 252 g/mol. The number of aliphatic carboxylic acids is 1. The molecule has 2 aromatic rings. The van der Waals surface area contributed by atoms with E-state index in [9.17, 15) is 4.79 Å². The van der Waals surface area contributed by atoms with Gasteiger partial charge in [0, 0.05) is 0 Å². The first kappa shape index (κ1) is 13.1. The van der Waals surface area contributed by atoms with Crippen molar-refractivity contribution >= 4 is 17.6 Å². The second kappa shape index (κ2) is 6.01. The molecule has 0 saturated heterocycles. The molecule has 2 heteroatoms. The maximum Gasteiger partial charge on any atom is 0.307 e. The van der Waals surface area contributed by atoms with Crippen molar-refractivity contribution in [2.75, 3.05) is 0 Å². The molecule has 0 bridgehead atoms. The SMILES string of the molecule is CC(=Cc1ccccc1)c1ccc(CC(=O)O)cc1. The van der Waals surface area contributed by atoms with Gasteiger partial charge in [-0.05, 0) is 29.2 Å². The van der Waals surface area contributed by atoms with Crippen molar-refractivity contribution in [2.45, 2.75) is 13.3 Å². The molecule has 0 aliphatic carbocycles. The quantitative estimate of drug-likeness (QED) is 0.838. The van der Waals surface area contributed by atoms with Gasteiger partial charge in [-0.2, -0.15) is 0 Å². The van der Waals surface area contributed by atoms with Crippen molar-refractivity contribution in [1.82, 2.24) is 0 Å². The number of allylic oxidation sites excluding steroid dienone is 1. The van der Waals surface area contributed by atoms with Crippen molar-refractivity contribution in [3.63, 3.8) is 0 Å². The van der Waals surface area contributed by atoms with Crippen molar-refractivity contribution in [3.8, 4) is 0 Å². The summed E-state index contributed by atoms with van der Waals surface area (Å²) >= 11 is 0. The number of hydrogen-bond acceptors (Lipinski definition) is 1. The third-order valence-corrected chi connectivity index (χ3v) is 2.95. The van der Waals surface area contributed by atoms with E-state index < -0.39 is 5.97 Å². The van der Waals surface area contributed by atoms with Crippen LogP contribution < -0.4 is 0 Å². The zero-order valence-corrected chi connectivity index (χ0v) is 10.8. The highest BCUT2D eigenvalue weighted by Crippen LogP contribution is 2.18. The van der Waals surface area contributed by atoms with Crippen molar-refractivity contribution in [1.29, 1.82) is 0 Å². The third-order valence-electron chi connectivity index (χ3n) is 2.95. The van der Waals surface area contributed by atoms with Crippen LogP contribution in [-0.2, 0) is 11.2 Å². The van der Waals surface area contributed by atoms with Crippen LogP contribution in [0.2, 0.25) is 0 Å². The van der Waals surface area contributed by atoms with E-state index in [1.165, 1.54) is 0 Å². The predicted octanol–water partition coefficient (Wildman–Crippen LogP) is 3.87. The Bertz CT molecular complexity index is 580. The summed E-state index contributed by atoms with van der Waals surface area (Å²) in [6, 6.07) is 17.8. The maximum absolute atomic E-state index is 10.6. The molecule has 0 aliphatic rings. The molecule has 0 radical (unpaired) electrons. The number of carboxylic acids is 1. The molecule has 0 unspecified atom stereocenters. The van der Waals surface area contributed by atoms with Gasteiger partial charge in [0.05, 0.1) is 6.42 Å². The van der Waals surface area contributed by atoms with E-state index in [4.69, 9.17) is 5.11 Å². The van der Waals surface area contributed by atoms with Gasteiger partial charge in [0.15, 0.2) is 0 Å². The van der Waals surface area contributed by atoms with E-state index in [1.54, 1.807) is 0 Å². The molecule has 0 saturated carbocycles. The molecular weight excluding hydrogens is 236 g/mol. The highest BCUT2D eigenvalue weighted by molar-refractivity contribution is 5.80. The van der Waals surface area contributed by atoms with E-state index in [1.807, 2.05) is 42.5 Å². The summed E-state index contributed by atoms with van der Waals surface area (Å²) in [7, 11) is 0. The lowest BCUT2D eigenvalue weighted by molar-refractivity contribution is -0.136. The molecule has 19 heavy (non-hydrogen) atoms. The van der Waals surface area contributed by atoms with Gasteiger partial charge in [0.25, 0.3) is 0 Å². The largest absolute Gasteiger partial charge is 0.481 e. The smallest absolute Gasteiger partial charge is 0.307 e. The Morgan fingerprint density at radius 3 is 2.26 bits per heavy atom. The molecule has 0 aromatic heterocycles. The minimum atomic E-state index is -0.802. The Kier molecular flexibility index (Phi) is 4.14. The van der Waals surface area contributed by atoms with Crippen LogP contribution in [0.1, 0.15) is 23.6 Å². The molecule has 1 N–H and O–H groups in total. The number of benzene rings is 2. The van der Waals surface area contributed by atoms with Crippen LogP contribution in [0.3, 0.4) is 0 Å². The van der Waals surface area contributed by atoms with Gasteiger partial charge < -0.3 is 5.11 Å². The molecule has 0 amide bonds. The summed E-state index contributed by atoms with van der Waals surface area (Å²) in [5, 5.41) is 8.73. The summed E-state index contributed by atoms with van der Waals surface area (Å²) in [5.74, 6) is -0.802. The highest BCUT2D eigenvalue weighted by Gasteiger charge is 2.01. The van der Waals surface area contributed by atoms with Crippen molar-refractivity contribution in [3.05, 3.63) is 71.3 Å². The Morgan fingerprint density at radius 2 is 1.68 bits per heavy atom. The first-order chi connectivity index (χ1) is 9.15. The molecule has 96 valence electrons. The number of hydrogen-bond donors (Lipinski definition) is 1. The van der Waals surface area contributed by atoms with Crippen LogP contribution in [-0.4, -0.2) is 11.1 Å². The fourth-order valence-electron chi connectivity index (χ4n) is 1.94. The monoisotopic (exact) mass is 252 g/mol. The summed E-state index contributed by atoms with van der Waals surface area (Å²) in [6.45, 7) is 2.05. The van der Waals surface area contributed by atoms with Gasteiger partial charge >= 0.3 is 5.97 Å². The van der Waals surface area contributed by atoms with Gasteiger partial charge in [-0.1, -0.05) is 60.7 Å². The lowest BCUT2D eigenvalue weighted by atomic mass is 10.0. The molecular formula is C17H16O2. The van der Waals surface area contributed by atoms with Gasteiger partial charge in [-0.15, -0.1) is 0 Å². The molecule has 2 rings (SSSR count). The van der Waals surface area contributed by atoms with Crippen molar-refractivity contribution < 1.29 is 9.90 Å². The molecule has 0 aliphatic heterocycles. The Morgan fingerprint density at radius 1 is 1.05 bits per heavy atom. The highest BCUT2D eigenvalue weighted by atomic mass is 16.4. The Hall–Kier alpha value is -2.35. The maximum atomic E-state index is 10.6. The zero-order valence-electron chi connectivity index (χ0n) is 10.8. The molecule has 0 heterocycles. The standard InChI is InChI=1S/C17H16O2/c1-13(11-14-5-3-2-4-6-14)16-9-7-15(8-10-16)12-17(18)19/h2-11H,12H2,1H3,(H,18,19). The fraction of sp³-hybridized carbons (Fsp3) is 0.118. The summed E-state index contributed by atoms with van der Waals surface area (Å²) in [4.78, 5) is 10.6. The van der Waals surface area contributed by atoms with Gasteiger partial charge in [-0.25, -0.2) is 0 Å². The summed E-state index contributed by atoms with van der Waals surface area (Å²) < 4.78 is 0. The van der Waals surface area contributed by atoms with E-state index in [2.05, 4.69) is 25.1 Å². The topological polar surface area (TPSA) is 37.3 Å². The van der Waals surface area contributed by atoms with Gasteiger partial charge in [-0.3, -0.25) is 4.79 Å². The lowest BCUT2D eigenvalue weighted by Gasteiger charge is -2.04. The molecule has 2 aromatic carbocycles. The van der Waals surface area contributed by atoms with Crippen LogP contribution in [0.25, 0.3) is 11.6 Å². The minimum absolute atomic E-state index is 0.0712. The summed E-state index contributed by atoms with van der Waals surface area (Å²) in [6.07, 6.45) is 2.19. The minimum Gasteiger partial charge on any atom is -0.481 e. The van der Waals surface area contributed by atoms with E-state index in [0.717, 1.165) is 22.3 Å². The van der Waals surface area contributed by atoms with E-state index >= 15 is 0 Å². The van der Waals surface area contributed by atoms with Crippen molar-refractivity contribution in [2.24, 2.45) is 0 Å². The Labute approximate surface area is 113 Å².